The summed E-state index contributed by atoms with van der Waals surface area (Å²) in [7, 11) is 1.25. The Morgan fingerprint density at radius 1 is 1.59 bits per heavy atom. The number of esters is 1. The summed E-state index contributed by atoms with van der Waals surface area (Å²) in [6.07, 6.45) is -1.46. The highest BCUT2D eigenvalue weighted by atomic mass is 19.3. The van der Waals surface area contributed by atoms with Gasteiger partial charge in [0.15, 0.2) is 0 Å². The summed E-state index contributed by atoms with van der Waals surface area (Å²) in [6.45, 7) is 1.65. The largest absolute Gasteiger partial charge is 0.469 e. The summed E-state index contributed by atoms with van der Waals surface area (Å²) in [5.41, 5.74) is 6.52. The Morgan fingerprint density at radius 3 is 2.71 bits per heavy atom. The molecule has 17 heavy (non-hydrogen) atoms. The molecule has 0 bridgehead atoms. The van der Waals surface area contributed by atoms with Crippen molar-refractivity contribution >= 4 is 5.97 Å². The Bertz CT molecular complexity index is 422. The van der Waals surface area contributed by atoms with Gasteiger partial charge in [-0.15, -0.1) is 0 Å². The minimum absolute atomic E-state index is 0.0723. The van der Waals surface area contributed by atoms with Crippen LogP contribution in [-0.4, -0.2) is 18.1 Å². The van der Waals surface area contributed by atoms with Crippen molar-refractivity contribution in [2.75, 3.05) is 7.11 Å². The van der Waals surface area contributed by atoms with Crippen LogP contribution in [0, 0.1) is 6.92 Å². The zero-order valence-corrected chi connectivity index (χ0v) is 9.67. The van der Waals surface area contributed by atoms with Gasteiger partial charge in [0.2, 0.25) is 0 Å². The van der Waals surface area contributed by atoms with E-state index >= 15 is 0 Å². The SMILES string of the molecule is COC(=O)Cc1c(CN)cnc(C(F)F)c1C. The second kappa shape index (κ2) is 5.67. The van der Waals surface area contributed by atoms with E-state index < -0.39 is 12.4 Å². The van der Waals surface area contributed by atoms with Gasteiger partial charge in [-0.2, -0.15) is 0 Å². The van der Waals surface area contributed by atoms with Crippen LogP contribution in [0.1, 0.15) is 28.8 Å². The normalized spacial score (nSPS) is 10.7. The molecular formula is C11H14F2N2O2. The number of rotatable bonds is 4. The molecule has 0 radical (unpaired) electrons. The number of alkyl halides is 2. The third kappa shape index (κ3) is 2.97. The number of nitrogens with zero attached hydrogens (tertiary/aromatic N) is 1. The lowest BCUT2D eigenvalue weighted by Crippen LogP contribution is -2.13. The predicted octanol–water partition coefficient (Wildman–Crippen LogP) is 1.50. The number of nitrogens with two attached hydrogens (primary N) is 1. The van der Waals surface area contributed by atoms with Gasteiger partial charge in [-0.1, -0.05) is 0 Å². The lowest BCUT2D eigenvalue weighted by Gasteiger charge is -2.13. The first-order valence-corrected chi connectivity index (χ1v) is 5.03. The quantitative estimate of drug-likeness (QED) is 0.815. The van der Waals surface area contributed by atoms with Crippen molar-refractivity contribution in [2.45, 2.75) is 26.3 Å². The highest BCUT2D eigenvalue weighted by Crippen LogP contribution is 2.25. The van der Waals surface area contributed by atoms with E-state index in [9.17, 15) is 13.6 Å². The standard InChI is InChI=1S/C11H14F2N2O2/c1-6-8(3-9(16)17-2)7(4-14)5-15-10(6)11(12)13/h5,11H,3-4,14H2,1-2H3. The summed E-state index contributed by atoms with van der Waals surface area (Å²) < 4.78 is 29.8. The Labute approximate surface area is 97.8 Å². The van der Waals surface area contributed by atoms with Crippen molar-refractivity contribution in [3.63, 3.8) is 0 Å². The first-order chi connectivity index (χ1) is 8.01. The van der Waals surface area contributed by atoms with Crippen LogP contribution >= 0.6 is 0 Å². The molecule has 6 heteroatoms. The van der Waals surface area contributed by atoms with Gasteiger partial charge in [0, 0.05) is 12.7 Å². The summed E-state index contributed by atoms with van der Waals surface area (Å²) in [5.74, 6) is -0.491. The number of halogens is 2. The van der Waals surface area contributed by atoms with Crippen molar-refractivity contribution in [2.24, 2.45) is 5.73 Å². The Balaban J connectivity index is 3.22. The van der Waals surface area contributed by atoms with Crippen molar-refractivity contribution < 1.29 is 18.3 Å². The molecule has 0 aliphatic carbocycles. The maximum atomic E-state index is 12.7. The minimum Gasteiger partial charge on any atom is -0.469 e. The molecule has 0 aromatic carbocycles. The molecule has 1 aromatic heterocycles. The molecule has 0 saturated carbocycles. The molecule has 0 saturated heterocycles. The second-order valence-electron chi connectivity index (χ2n) is 3.53. The molecule has 4 nitrogen and oxygen atoms in total. The molecule has 1 rings (SSSR count). The van der Waals surface area contributed by atoms with Gasteiger partial charge in [-0.25, -0.2) is 8.78 Å². The molecule has 0 aliphatic rings. The summed E-state index contributed by atoms with van der Waals surface area (Å²) in [5, 5.41) is 0. The van der Waals surface area contributed by atoms with E-state index in [4.69, 9.17) is 5.73 Å². The molecular weight excluding hydrogens is 230 g/mol. The Hall–Kier alpha value is -1.56. The summed E-state index contributed by atoms with van der Waals surface area (Å²) in [4.78, 5) is 14.9. The van der Waals surface area contributed by atoms with Crippen LogP contribution in [0.15, 0.2) is 6.20 Å². The Morgan fingerprint density at radius 2 is 2.24 bits per heavy atom. The fraction of sp³-hybridized carbons (Fsp3) is 0.455. The number of methoxy groups -OCH3 is 1. The molecule has 1 heterocycles. The number of pyridine rings is 1. The van der Waals surface area contributed by atoms with Crippen molar-refractivity contribution in [1.82, 2.24) is 4.98 Å². The van der Waals surface area contributed by atoms with E-state index in [0.29, 0.717) is 16.7 Å². The molecule has 0 unspecified atom stereocenters. The van der Waals surface area contributed by atoms with Gasteiger partial charge in [0.25, 0.3) is 6.43 Å². The molecule has 1 aromatic rings. The van der Waals surface area contributed by atoms with Gasteiger partial charge in [-0.05, 0) is 23.6 Å². The number of hydrogen-bond acceptors (Lipinski definition) is 4. The molecule has 0 atom stereocenters. The zero-order valence-electron chi connectivity index (χ0n) is 9.67. The van der Waals surface area contributed by atoms with Crippen LogP contribution in [0.3, 0.4) is 0 Å². The third-order valence-electron chi connectivity index (χ3n) is 2.56. The van der Waals surface area contributed by atoms with Gasteiger partial charge in [0.1, 0.15) is 5.69 Å². The average molecular weight is 244 g/mol. The summed E-state index contributed by atoms with van der Waals surface area (Å²) in [6, 6.07) is 0. The van der Waals surface area contributed by atoms with Gasteiger partial charge in [-0.3, -0.25) is 9.78 Å². The van der Waals surface area contributed by atoms with Crippen LogP contribution in [0.4, 0.5) is 8.78 Å². The number of aromatic nitrogens is 1. The number of hydrogen-bond donors (Lipinski definition) is 1. The van der Waals surface area contributed by atoms with Gasteiger partial charge < -0.3 is 10.5 Å². The van der Waals surface area contributed by atoms with Crippen molar-refractivity contribution in [3.8, 4) is 0 Å². The molecule has 0 amide bonds. The monoisotopic (exact) mass is 244 g/mol. The van der Waals surface area contributed by atoms with E-state index in [1.165, 1.54) is 20.2 Å². The molecule has 94 valence electrons. The summed E-state index contributed by atoms with van der Waals surface area (Å²) >= 11 is 0. The first kappa shape index (κ1) is 13.5. The van der Waals surface area contributed by atoms with E-state index in [0.717, 1.165) is 0 Å². The fourth-order valence-electron chi connectivity index (χ4n) is 1.58. The smallest absolute Gasteiger partial charge is 0.310 e. The lowest BCUT2D eigenvalue weighted by atomic mass is 9.99. The molecule has 0 aliphatic heterocycles. The van der Waals surface area contributed by atoms with Crippen molar-refractivity contribution in [1.29, 1.82) is 0 Å². The first-order valence-electron chi connectivity index (χ1n) is 5.03. The Kier molecular flexibility index (Phi) is 4.51. The van der Waals surface area contributed by atoms with Crippen LogP contribution in [0.5, 0.6) is 0 Å². The number of carbonyl (C=O) groups excluding carboxylic acids is 1. The van der Waals surface area contributed by atoms with E-state index in [2.05, 4.69) is 9.72 Å². The minimum atomic E-state index is -2.67. The van der Waals surface area contributed by atoms with Crippen molar-refractivity contribution in [3.05, 3.63) is 28.6 Å². The predicted molar refractivity (Wildman–Crippen MR) is 57.5 cm³/mol. The highest BCUT2D eigenvalue weighted by molar-refractivity contribution is 5.73. The second-order valence-corrected chi connectivity index (χ2v) is 3.53. The van der Waals surface area contributed by atoms with Gasteiger partial charge in [0.05, 0.1) is 13.5 Å². The lowest BCUT2D eigenvalue weighted by molar-refractivity contribution is -0.139. The molecule has 2 N–H and O–H groups in total. The average Bonchev–Trinajstić information content (AvgIpc) is 2.30. The maximum absolute atomic E-state index is 12.7. The van der Waals surface area contributed by atoms with E-state index in [-0.39, 0.29) is 18.7 Å². The van der Waals surface area contributed by atoms with E-state index in [1.54, 1.807) is 0 Å². The third-order valence-corrected chi connectivity index (χ3v) is 2.56. The van der Waals surface area contributed by atoms with Crippen LogP contribution < -0.4 is 5.73 Å². The van der Waals surface area contributed by atoms with Crippen LogP contribution in [-0.2, 0) is 22.5 Å². The number of carbonyl (C=O) groups is 1. The molecule has 0 spiro atoms. The zero-order chi connectivity index (χ0) is 13.0. The molecule has 0 fully saturated rings. The number of ether oxygens (including phenoxy) is 1. The fourth-order valence-corrected chi connectivity index (χ4v) is 1.58. The van der Waals surface area contributed by atoms with Gasteiger partial charge >= 0.3 is 5.97 Å². The van der Waals surface area contributed by atoms with E-state index in [1.807, 2.05) is 0 Å². The van der Waals surface area contributed by atoms with Crippen LogP contribution in [0.2, 0.25) is 0 Å². The topological polar surface area (TPSA) is 65.2 Å². The maximum Gasteiger partial charge on any atom is 0.310 e. The van der Waals surface area contributed by atoms with Crippen LogP contribution in [0.25, 0.3) is 0 Å². The highest BCUT2D eigenvalue weighted by Gasteiger charge is 2.19.